The van der Waals surface area contributed by atoms with E-state index in [4.69, 9.17) is 11.6 Å². The van der Waals surface area contributed by atoms with Gasteiger partial charge in [0.15, 0.2) is 0 Å². The van der Waals surface area contributed by atoms with Crippen molar-refractivity contribution < 1.29 is 4.92 Å². The molecule has 18 heavy (non-hydrogen) atoms. The number of anilines is 1. The van der Waals surface area contributed by atoms with E-state index < -0.39 is 4.92 Å². The van der Waals surface area contributed by atoms with E-state index in [1.165, 1.54) is 18.2 Å². The van der Waals surface area contributed by atoms with Gasteiger partial charge in [-0.15, -0.1) is 11.3 Å². The molecule has 0 amide bonds. The summed E-state index contributed by atoms with van der Waals surface area (Å²) >= 11 is 7.53. The van der Waals surface area contributed by atoms with Gasteiger partial charge in [0.1, 0.15) is 0 Å². The van der Waals surface area contributed by atoms with Crippen molar-refractivity contribution in [3.05, 3.63) is 49.4 Å². The molecule has 2 rings (SSSR count). The molecule has 0 aliphatic carbocycles. The van der Waals surface area contributed by atoms with Crippen LogP contribution in [0, 0.1) is 17.0 Å². The lowest BCUT2D eigenvalue weighted by atomic mass is 10.2. The zero-order chi connectivity index (χ0) is 13.1. The third kappa shape index (κ3) is 2.96. The number of aryl methyl sites for hydroxylation is 1. The molecule has 7 heteroatoms. The number of nitrogens with zero attached hydrogens (tertiary/aromatic N) is 2. The molecule has 0 aliphatic heterocycles. The van der Waals surface area contributed by atoms with Crippen LogP contribution in [-0.2, 0) is 6.54 Å². The fourth-order valence-corrected chi connectivity index (χ4v) is 2.23. The van der Waals surface area contributed by atoms with Crippen molar-refractivity contribution in [2.24, 2.45) is 0 Å². The Morgan fingerprint density at radius 3 is 2.94 bits per heavy atom. The average molecular weight is 284 g/mol. The molecule has 0 bridgehead atoms. The molecule has 0 spiro atoms. The Balaban J connectivity index is 2.13. The van der Waals surface area contributed by atoms with Gasteiger partial charge in [-0.2, -0.15) is 0 Å². The average Bonchev–Trinajstić information content (AvgIpc) is 2.74. The molecule has 0 saturated heterocycles. The number of nitro groups is 1. The van der Waals surface area contributed by atoms with Gasteiger partial charge in [-0.25, -0.2) is 4.98 Å². The Kier molecular flexibility index (Phi) is 3.78. The minimum atomic E-state index is -0.450. The highest BCUT2D eigenvalue weighted by atomic mass is 35.5. The van der Waals surface area contributed by atoms with Crippen molar-refractivity contribution in [3.63, 3.8) is 0 Å². The molecular weight excluding hydrogens is 274 g/mol. The van der Waals surface area contributed by atoms with Gasteiger partial charge in [0, 0.05) is 17.5 Å². The zero-order valence-corrected chi connectivity index (χ0v) is 11.1. The molecule has 0 fully saturated rings. The summed E-state index contributed by atoms with van der Waals surface area (Å²) in [7, 11) is 0. The van der Waals surface area contributed by atoms with Crippen LogP contribution >= 0.6 is 22.9 Å². The Hall–Kier alpha value is -1.66. The van der Waals surface area contributed by atoms with Crippen LogP contribution in [0.1, 0.15) is 10.7 Å². The molecular formula is C11H10ClN3O2S. The molecule has 0 aliphatic rings. The molecule has 2 aromatic rings. The van der Waals surface area contributed by atoms with Crippen molar-refractivity contribution >= 4 is 34.3 Å². The van der Waals surface area contributed by atoms with Gasteiger partial charge in [0.05, 0.1) is 32.9 Å². The summed E-state index contributed by atoms with van der Waals surface area (Å²) < 4.78 is 0. The first kappa shape index (κ1) is 12.8. The van der Waals surface area contributed by atoms with Crippen molar-refractivity contribution in [1.29, 1.82) is 0 Å². The minimum absolute atomic E-state index is 0.0105. The summed E-state index contributed by atoms with van der Waals surface area (Å²) in [6.07, 6.45) is 0. The second-order valence-corrected chi connectivity index (χ2v) is 5.10. The number of thiazole rings is 1. The molecule has 0 saturated carbocycles. The summed E-state index contributed by atoms with van der Waals surface area (Å²) in [4.78, 5) is 14.5. The highest BCUT2D eigenvalue weighted by Gasteiger charge is 2.09. The van der Waals surface area contributed by atoms with E-state index >= 15 is 0 Å². The molecule has 1 aromatic heterocycles. The predicted molar refractivity (Wildman–Crippen MR) is 72.3 cm³/mol. The topological polar surface area (TPSA) is 68.1 Å². The minimum Gasteiger partial charge on any atom is -0.378 e. The summed E-state index contributed by atoms with van der Waals surface area (Å²) in [6.45, 7) is 2.42. The third-order valence-corrected chi connectivity index (χ3v) is 3.44. The lowest BCUT2D eigenvalue weighted by Gasteiger charge is -2.06. The van der Waals surface area contributed by atoms with Crippen molar-refractivity contribution in [1.82, 2.24) is 4.98 Å². The van der Waals surface area contributed by atoms with Crippen LogP contribution < -0.4 is 5.32 Å². The maximum Gasteiger partial charge on any atom is 0.271 e. The highest BCUT2D eigenvalue weighted by Crippen LogP contribution is 2.27. The van der Waals surface area contributed by atoms with Gasteiger partial charge in [0.2, 0.25) is 0 Å². The molecule has 0 atom stereocenters. The zero-order valence-electron chi connectivity index (χ0n) is 9.51. The van der Waals surface area contributed by atoms with E-state index in [9.17, 15) is 10.1 Å². The van der Waals surface area contributed by atoms with Gasteiger partial charge in [-0.1, -0.05) is 11.6 Å². The SMILES string of the molecule is Cc1nc(CNc2cc([N+](=O)[O-])ccc2Cl)cs1. The van der Waals surface area contributed by atoms with Crippen molar-refractivity contribution in [2.45, 2.75) is 13.5 Å². The number of nitro benzene ring substituents is 1. The number of aromatic nitrogens is 1. The second-order valence-electron chi connectivity index (χ2n) is 3.63. The van der Waals surface area contributed by atoms with Crippen LogP contribution in [0.4, 0.5) is 11.4 Å². The predicted octanol–water partition coefficient (Wildman–Crippen LogP) is 3.63. The molecule has 0 unspecified atom stereocenters. The van der Waals surface area contributed by atoms with E-state index in [-0.39, 0.29) is 5.69 Å². The van der Waals surface area contributed by atoms with E-state index in [1.807, 2.05) is 12.3 Å². The Bertz CT molecular complexity index is 585. The number of hydrogen-bond donors (Lipinski definition) is 1. The Morgan fingerprint density at radius 2 is 2.33 bits per heavy atom. The first-order valence-corrected chi connectivity index (χ1v) is 6.41. The molecule has 5 nitrogen and oxygen atoms in total. The number of rotatable bonds is 4. The lowest BCUT2D eigenvalue weighted by molar-refractivity contribution is -0.384. The standard InChI is InChI=1S/C11H10ClN3O2S/c1-7-14-8(6-18-7)5-13-11-4-9(15(16)17)2-3-10(11)12/h2-4,6,13H,5H2,1H3. The van der Waals surface area contributed by atoms with Gasteiger partial charge in [-0.05, 0) is 13.0 Å². The summed E-state index contributed by atoms with van der Waals surface area (Å²) in [5.74, 6) is 0. The van der Waals surface area contributed by atoms with Crippen molar-refractivity contribution in [3.8, 4) is 0 Å². The molecule has 1 aromatic carbocycles. The largest absolute Gasteiger partial charge is 0.378 e. The lowest BCUT2D eigenvalue weighted by Crippen LogP contribution is -2.01. The fourth-order valence-electron chi connectivity index (χ4n) is 1.44. The molecule has 94 valence electrons. The van der Waals surface area contributed by atoms with Crippen LogP contribution in [0.25, 0.3) is 0 Å². The van der Waals surface area contributed by atoms with E-state index in [0.29, 0.717) is 17.3 Å². The van der Waals surface area contributed by atoms with Gasteiger partial charge in [0.25, 0.3) is 5.69 Å². The summed E-state index contributed by atoms with van der Waals surface area (Å²) in [5.41, 5.74) is 1.44. The molecule has 1 N–H and O–H groups in total. The van der Waals surface area contributed by atoms with Crippen LogP contribution in [-0.4, -0.2) is 9.91 Å². The van der Waals surface area contributed by atoms with Gasteiger partial charge < -0.3 is 5.32 Å². The van der Waals surface area contributed by atoms with Crippen LogP contribution in [0.2, 0.25) is 5.02 Å². The number of non-ortho nitro benzene ring substituents is 1. The Morgan fingerprint density at radius 1 is 1.56 bits per heavy atom. The number of nitrogens with one attached hydrogen (secondary N) is 1. The molecule has 0 radical (unpaired) electrons. The molecule has 1 heterocycles. The normalized spacial score (nSPS) is 10.3. The van der Waals surface area contributed by atoms with Crippen molar-refractivity contribution in [2.75, 3.05) is 5.32 Å². The number of hydrogen-bond acceptors (Lipinski definition) is 5. The number of benzene rings is 1. The smallest absolute Gasteiger partial charge is 0.271 e. The van der Waals surface area contributed by atoms with Gasteiger partial charge in [-0.3, -0.25) is 10.1 Å². The maximum atomic E-state index is 10.7. The highest BCUT2D eigenvalue weighted by molar-refractivity contribution is 7.09. The summed E-state index contributed by atoms with van der Waals surface area (Å²) in [5, 5.41) is 17.1. The summed E-state index contributed by atoms with van der Waals surface area (Å²) in [6, 6.07) is 4.30. The first-order valence-electron chi connectivity index (χ1n) is 5.15. The Labute approximate surface area is 113 Å². The third-order valence-electron chi connectivity index (χ3n) is 2.29. The first-order chi connectivity index (χ1) is 8.56. The van der Waals surface area contributed by atoms with E-state index in [1.54, 1.807) is 11.3 Å². The second kappa shape index (κ2) is 5.32. The fraction of sp³-hybridized carbons (Fsp3) is 0.182. The van der Waals surface area contributed by atoms with E-state index in [0.717, 1.165) is 10.7 Å². The van der Waals surface area contributed by atoms with Gasteiger partial charge >= 0.3 is 0 Å². The maximum absolute atomic E-state index is 10.7. The number of halogens is 1. The monoisotopic (exact) mass is 283 g/mol. The van der Waals surface area contributed by atoms with Crippen LogP contribution in [0.15, 0.2) is 23.6 Å². The van der Waals surface area contributed by atoms with E-state index in [2.05, 4.69) is 10.3 Å². The van der Waals surface area contributed by atoms with Crippen LogP contribution in [0.3, 0.4) is 0 Å². The van der Waals surface area contributed by atoms with Crippen LogP contribution in [0.5, 0.6) is 0 Å². The quantitative estimate of drug-likeness (QED) is 0.687.